The van der Waals surface area contributed by atoms with Gasteiger partial charge in [-0.25, -0.2) is 4.98 Å². The highest BCUT2D eigenvalue weighted by Gasteiger charge is 2.07. The Balaban J connectivity index is 2.14. The average molecular weight is 299 g/mol. The Labute approximate surface area is 120 Å². The van der Waals surface area contributed by atoms with Gasteiger partial charge in [0.05, 0.1) is 6.42 Å². The van der Waals surface area contributed by atoms with Gasteiger partial charge in [-0.05, 0) is 23.8 Å². The highest BCUT2D eigenvalue weighted by atomic mass is 35.5. The summed E-state index contributed by atoms with van der Waals surface area (Å²) in [5, 5.41) is 9.85. The zero-order chi connectivity index (χ0) is 13.8. The fraction of sp³-hybridized carbons (Fsp3) is 0.231. The van der Waals surface area contributed by atoms with Crippen LogP contribution >= 0.6 is 23.2 Å². The van der Waals surface area contributed by atoms with Crippen molar-refractivity contribution in [1.29, 1.82) is 0 Å². The van der Waals surface area contributed by atoms with Gasteiger partial charge in [0.25, 0.3) is 0 Å². The van der Waals surface area contributed by atoms with Crippen molar-refractivity contribution in [2.75, 3.05) is 0 Å². The van der Waals surface area contributed by atoms with Crippen LogP contribution in [-0.4, -0.2) is 20.6 Å². The molecule has 0 atom stereocenters. The Morgan fingerprint density at radius 1 is 1.26 bits per heavy atom. The smallest absolute Gasteiger partial charge is 0.305 e. The summed E-state index contributed by atoms with van der Waals surface area (Å²) in [6.07, 6.45) is 4.06. The molecule has 2 aromatic rings. The van der Waals surface area contributed by atoms with E-state index < -0.39 is 5.97 Å². The molecule has 0 aliphatic heterocycles. The summed E-state index contributed by atoms with van der Waals surface area (Å²) in [4.78, 5) is 14.8. The first-order valence-electron chi connectivity index (χ1n) is 5.71. The van der Waals surface area contributed by atoms with E-state index >= 15 is 0 Å². The third kappa shape index (κ3) is 3.98. The molecule has 0 radical (unpaired) electrons. The Hall–Kier alpha value is -1.52. The monoisotopic (exact) mass is 298 g/mol. The highest BCUT2D eigenvalue weighted by Crippen LogP contribution is 2.20. The van der Waals surface area contributed by atoms with Crippen LogP contribution in [0.25, 0.3) is 0 Å². The summed E-state index contributed by atoms with van der Waals surface area (Å²) >= 11 is 11.9. The molecule has 0 unspecified atom stereocenters. The predicted molar refractivity (Wildman–Crippen MR) is 73.7 cm³/mol. The molecule has 1 N–H and O–H groups in total. The molecular formula is C13H12Cl2N2O2. The number of hydrogen-bond acceptors (Lipinski definition) is 2. The van der Waals surface area contributed by atoms with Crippen LogP contribution in [0, 0.1) is 0 Å². The summed E-state index contributed by atoms with van der Waals surface area (Å²) in [5.41, 5.74) is 0.945. The number of halogens is 2. The third-order valence-corrected chi connectivity index (χ3v) is 3.09. The first-order valence-corrected chi connectivity index (χ1v) is 6.47. The molecule has 2 rings (SSSR count). The van der Waals surface area contributed by atoms with Crippen LogP contribution in [0.2, 0.25) is 10.0 Å². The van der Waals surface area contributed by atoms with Crippen molar-refractivity contribution in [3.05, 3.63) is 52.0 Å². The normalized spacial score (nSPS) is 10.6. The Morgan fingerprint density at radius 3 is 2.58 bits per heavy atom. The second kappa shape index (κ2) is 6.08. The van der Waals surface area contributed by atoms with Crippen molar-refractivity contribution in [3.8, 4) is 0 Å². The standard InChI is InChI=1S/C13H12Cl2N2O2/c14-10-5-9(6-11(15)8-10)7-12-16-2-4-17(12)3-1-13(18)19/h2,4-6,8H,1,3,7H2,(H,18,19). The van der Waals surface area contributed by atoms with Gasteiger partial charge in [0.15, 0.2) is 0 Å². The minimum atomic E-state index is -0.828. The molecule has 0 saturated heterocycles. The number of aryl methyl sites for hydroxylation is 1. The van der Waals surface area contributed by atoms with E-state index in [1.54, 1.807) is 18.5 Å². The lowest BCUT2D eigenvalue weighted by Gasteiger charge is -2.07. The van der Waals surface area contributed by atoms with Crippen molar-refractivity contribution in [2.24, 2.45) is 0 Å². The zero-order valence-corrected chi connectivity index (χ0v) is 11.5. The minimum absolute atomic E-state index is 0.0691. The van der Waals surface area contributed by atoms with Crippen molar-refractivity contribution in [1.82, 2.24) is 9.55 Å². The van der Waals surface area contributed by atoms with Gasteiger partial charge in [0, 0.05) is 35.4 Å². The maximum atomic E-state index is 10.6. The predicted octanol–water partition coefficient (Wildman–Crippen LogP) is 3.26. The number of imidazole rings is 1. The molecule has 0 aliphatic carbocycles. The molecule has 0 bridgehead atoms. The van der Waals surface area contributed by atoms with Gasteiger partial charge in [0.2, 0.25) is 0 Å². The van der Waals surface area contributed by atoms with E-state index in [1.165, 1.54) is 0 Å². The number of benzene rings is 1. The maximum absolute atomic E-state index is 10.6. The molecule has 6 heteroatoms. The third-order valence-electron chi connectivity index (χ3n) is 2.65. The van der Waals surface area contributed by atoms with Gasteiger partial charge in [-0.15, -0.1) is 0 Å². The van der Waals surface area contributed by atoms with Crippen molar-refractivity contribution >= 4 is 29.2 Å². The minimum Gasteiger partial charge on any atom is -0.481 e. The lowest BCUT2D eigenvalue weighted by Crippen LogP contribution is -2.08. The van der Waals surface area contributed by atoms with Crippen LogP contribution in [-0.2, 0) is 17.8 Å². The van der Waals surface area contributed by atoms with Gasteiger partial charge < -0.3 is 9.67 Å². The number of nitrogens with zero attached hydrogens (tertiary/aromatic N) is 2. The van der Waals surface area contributed by atoms with E-state index in [1.807, 2.05) is 16.7 Å². The van der Waals surface area contributed by atoms with Gasteiger partial charge in [-0.2, -0.15) is 0 Å². The topological polar surface area (TPSA) is 55.1 Å². The van der Waals surface area contributed by atoms with Crippen molar-refractivity contribution in [2.45, 2.75) is 19.4 Å². The van der Waals surface area contributed by atoms with Crippen LogP contribution in [0.5, 0.6) is 0 Å². The number of carboxylic acid groups (broad SMARTS) is 1. The van der Waals surface area contributed by atoms with E-state index in [9.17, 15) is 4.79 Å². The number of carboxylic acids is 1. The number of carbonyl (C=O) groups is 1. The van der Waals surface area contributed by atoms with Crippen LogP contribution in [0.4, 0.5) is 0 Å². The SMILES string of the molecule is O=C(O)CCn1ccnc1Cc1cc(Cl)cc(Cl)c1. The lowest BCUT2D eigenvalue weighted by molar-refractivity contribution is -0.137. The molecule has 19 heavy (non-hydrogen) atoms. The maximum Gasteiger partial charge on any atom is 0.305 e. The number of aliphatic carboxylic acids is 1. The molecule has 4 nitrogen and oxygen atoms in total. The zero-order valence-electron chi connectivity index (χ0n) is 10.0. The molecule has 0 saturated carbocycles. The molecule has 0 fully saturated rings. The first kappa shape index (κ1) is 13.9. The Bertz CT molecular complexity index is 576. The van der Waals surface area contributed by atoms with E-state index in [-0.39, 0.29) is 6.42 Å². The Morgan fingerprint density at radius 2 is 1.95 bits per heavy atom. The molecule has 100 valence electrons. The molecule has 0 spiro atoms. The summed E-state index contributed by atoms with van der Waals surface area (Å²) < 4.78 is 1.82. The van der Waals surface area contributed by atoms with Gasteiger partial charge in [-0.1, -0.05) is 23.2 Å². The quantitative estimate of drug-likeness (QED) is 0.922. The molecular weight excluding hydrogens is 287 g/mol. The number of aromatic nitrogens is 2. The van der Waals surface area contributed by atoms with Crippen LogP contribution < -0.4 is 0 Å². The fourth-order valence-electron chi connectivity index (χ4n) is 1.82. The lowest BCUT2D eigenvalue weighted by atomic mass is 10.1. The van der Waals surface area contributed by atoms with Gasteiger partial charge in [0.1, 0.15) is 5.82 Å². The second-order valence-corrected chi connectivity index (χ2v) is 5.01. The largest absolute Gasteiger partial charge is 0.481 e. The van der Waals surface area contributed by atoms with Gasteiger partial charge >= 0.3 is 5.97 Å². The number of rotatable bonds is 5. The molecule has 1 aromatic heterocycles. The summed E-state index contributed by atoms with van der Waals surface area (Å²) in [6.45, 7) is 0.402. The van der Waals surface area contributed by atoms with E-state index in [4.69, 9.17) is 28.3 Å². The first-order chi connectivity index (χ1) is 9.04. The average Bonchev–Trinajstić information content (AvgIpc) is 2.72. The van der Waals surface area contributed by atoms with Crippen molar-refractivity contribution in [3.63, 3.8) is 0 Å². The fourth-order valence-corrected chi connectivity index (χ4v) is 2.39. The van der Waals surface area contributed by atoms with E-state index in [0.29, 0.717) is 23.0 Å². The molecule has 0 amide bonds. The van der Waals surface area contributed by atoms with E-state index in [2.05, 4.69) is 4.98 Å². The van der Waals surface area contributed by atoms with Crippen LogP contribution in [0.3, 0.4) is 0 Å². The van der Waals surface area contributed by atoms with Crippen LogP contribution in [0.15, 0.2) is 30.6 Å². The highest BCUT2D eigenvalue weighted by molar-refractivity contribution is 6.34. The van der Waals surface area contributed by atoms with E-state index in [0.717, 1.165) is 11.4 Å². The van der Waals surface area contributed by atoms with Gasteiger partial charge in [-0.3, -0.25) is 4.79 Å². The Kier molecular flexibility index (Phi) is 4.45. The van der Waals surface area contributed by atoms with Crippen molar-refractivity contribution < 1.29 is 9.90 Å². The molecule has 1 aromatic carbocycles. The second-order valence-electron chi connectivity index (χ2n) is 4.14. The summed E-state index contributed by atoms with van der Waals surface area (Å²) in [7, 11) is 0. The summed E-state index contributed by atoms with van der Waals surface area (Å²) in [6, 6.07) is 5.32. The number of hydrogen-bond donors (Lipinski definition) is 1. The molecule has 0 aliphatic rings. The van der Waals surface area contributed by atoms with Crippen LogP contribution in [0.1, 0.15) is 17.8 Å². The summed E-state index contributed by atoms with van der Waals surface area (Å²) in [5.74, 6) is -0.0370. The molecule has 1 heterocycles.